The van der Waals surface area contributed by atoms with Gasteiger partial charge in [0.15, 0.2) is 12.6 Å². The van der Waals surface area contributed by atoms with Gasteiger partial charge in [-0.2, -0.15) is 0 Å². The Hall–Kier alpha value is -2.66. The molecule has 0 aromatic heterocycles. The van der Waals surface area contributed by atoms with Crippen LogP contribution in [0.1, 0.15) is 37.9 Å². The van der Waals surface area contributed by atoms with Crippen LogP contribution in [0.5, 0.6) is 0 Å². The van der Waals surface area contributed by atoms with Gasteiger partial charge in [0.2, 0.25) is 0 Å². The van der Waals surface area contributed by atoms with Crippen molar-refractivity contribution in [3.05, 3.63) is 65.7 Å². The Morgan fingerprint density at radius 3 is 2.18 bits per heavy atom. The molecule has 28 heavy (non-hydrogen) atoms. The molecule has 150 valence electrons. The largest absolute Gasteiger partial charge is 0.338 e. The summed E-state index contributed by atoms with van der Waals surface area (Å²) in [6.45, 7) is 7.55. The van der Waals surface area contributed by atoms with E-state index in [9.17, 15) is 9.59 Å². The van der Waals surface area contributed by atoms with E-state index in [-0.39, 0.29) is 18.4 Å². The highest BCUT2D eigenvalue weighted by molar-refractivity contribution is 5.92. The summed E-state index contributed by atoms with van der Waals surface area (Å²) >= 11 is 0. The van der Waals surface area contributed by atoms with Crippen LogP contribution in [0.2, 0.25) is 0 Å². The van der Waals surface area contributed by atoms with Gasteiger partial charge in [-0.15, -0.1) is 0 Å². The topological polar surface area (TPSA) is 53.9 Å². The summed E-state index contributed by atoms with van der Waals surface area (Å²) < 4.78 is 0. The van der Waals surface area contributed by atoms with Crippen LogP contribution in [0.25, 0.3) is 0 Å². The van der Waals surface area contributed by atoms with Crippen molar-refractivity contribution >= 4 is 17.5 Å². The number of para-hydroxylation sites is 1. The minimum absolute atomic E-state index is 0.0514. The number of likely N-dealkylation sites (N-methyl/N-ethyl adjacent to an activating group) is 2. The zero-order chi connectivity index (χ0) is 20.5. The molecule has 0 radical (unpaired) electrons. The second-order valence-corrected chi connectivity index (χ2v) is 6.94. The number of rotatable bonds is 9. The number of amides is 2. The Bertz CT molecular complexity index is 772. The van der Waals surface area contributed by atoms with Gasteiger partial charge < -0.3 is 15.1 Å². The van der Waals surface area contributed by atoms with E-state index in [2.05, 4.69) is 12.2 Å². The lowest BCUT2D eigenvalue weighted by Gasteiger charge is -2.29. The van der Waals surface area contributed by atoms with Gasteiger partial charge in [0, 0.05) is 24.3 Å². The molecule has 1 unspecified atom stereocenters. The van der Waals surface area contributed by atoms with E-state index in [0.717, 1.165) is 28.1 Å². The van der Waals surface area contributed by atoms with Gasteiger partial charge in [0.25, 0.3) is 11.8 Å². The molecule has 0 aliphatic rings. The quantitative estimate of drug-likeness (QED) is 0.699. The Balaban J connectivity index is 2.19. The maximum absolute atomic E-state index is 13.2. The van der Waals surface area contributed by atoms with Gasteiger partial charge in [-0.05, 0) is 31.9 Å². The number of nitrogens with zero attached hydrogens (tertiary/aromatic N) is 1. The molecule has 0 heterocycles. The van der Waals surface area contributed by atoms with Crippen molar-refractivity contribution in [2.45, 2.75) is 33.2 Å². The average molecular weight is 383 g/mol. The highest BCUT2D eigenvalue weighted by Gasteiger charge is 2.33. The van der Waals surface area contributed by atoms with Crippen LogP contribution >= 0.6 is 0 Å². The first kappa shape index (κ1) is 21.6. The van der Waals surface area contributed by atoms with E-state index in [4.69, 9.17) is 0 Å². The predicted octanol–water partition coefficient (Wildman–Crippen LogP) is 2.31. The summed E-state index contributed by atoms with van der Waals surface area (Å²) in [6, 6.07) is 17.1. The summed E-state index contributed by atoms with van der Waals surface area (Å²) in [6.07, 6.45) is 0.853. The zero-order valence-corrected chi connectivity index (χ0v) is 17.4. The molecule has 0 spiro atoms. The molecule has 0 aliphatic heterocycles. The normalized spacial score (nSPS) is 12.9. The van der Waals surface area contributed by atoms with Crippen molar-refractivity contribution in [3.63, 3.8) is 0 Å². The Morgan fingerprint density at radius 2 is 1.57 bits per heavy atom. The standard InChI is InChI=1S/C23H31N3O2/c1-5-18-13-11-12-16-20(18)24-21(27)17-25(4)22(19-14-9-8-10-15-19)23(28)26(6-2)7-3/h8-16,22H,5-7,17H2,1-4H3,(H,24,27)/p+1/t22-/m0/s1. The van der Waals surface area contributed by atoms with Crippen LogP contribution in [0.3, 0.4) is 0 Å². The van der Waals surface area contributed by atoms with E-state index in [1.54, 1.807) is 0 Å². The fourth-order valence-corrected chi connectivity index (χ4v) is 3.50. The SMILES string of the molecule is CCc1ccccc1NC(=O)C[NH+](C)[C@H](C(=O)N(CC)CC)c1ccccc1. The summed E-state index contributed by atoms with van der Waals surface area (Å²) in [7, 11) is 1.91. The van der Waals surface area contributed by atoms with Gasteiger partial charge in [0.05, 0.1) is 7.05 Å². The molecule has 0 saturated carbocycles. The molecule has 0 aliphatic carbocycles. The fourth-order valence-electron chi connectivity index (χ4n) is 3.50. The van der Waals surface area contributed by atoms with Crippen molar-refractivity contribution < 1.29 is 14.5 Å². The maximum atomic E-state index is 13.2. The fraction of sp³-hybridized carbons (Fsp3) is 0.391. The first-order chi connectivity index (χ1) is 13.5. The smallest absolute Gasteiger partial charge is 0.285 e. The number of hydrogen-bond acceptors (Lipinski definition) is 2. The van der Waals surface area contributed by atoms with Gasteiger partial charge in [-0.1, -0.05) is 55.5 Å². The van der Waals surface area contributed by atoms with Gasteiger partial charge in [-0.3, -0.25) is 9.59 Å². The van der Waals surface area contributed by atoms with Crippen molar-refractivity contribution in [1.29, 1.82) is 0 Å². The van der Waals surface area contributed by atoms with E-state index in [1.165, 1.54) is 0 Å². The van der Waals surface area contributed by atoms with Gasteiger partial charge >= 0.3 is 0 Å². The first-order valence-electron chi connectivity index (χ1n) is 10.1. The Labute approximate surface area is 168 Å². The average Bonchev–Trinajstić information content (AvgIpc) is 2.70. The van der Waals surface area contributed by atoms with Gasteiger partial charge in [0.1, 0.15) is 0 Å². The second kappa shape index (κ2) is 10.6. The molecule has 2 N–H and O–H groups in total. The lowest BCUT2D eigenvalue weighted by atomic mass is 10.0. The third-order valence-electron chi connectivity index (χ3n) is 5.06. The number of carbonyl (C=O) groups is 2. The lowest BCUT2D eigenvalue weighted by molar-refractivity contribution is -0.894. The molecular formula is C23H32N3O2+. The minimum Gasteiger partial charge on any atom is -0.338 e. The summed E-state index contributed by atoms with van der Waals surface area (Å²) in [5.74, 6) is -0.0397. The van der Waals surface area contributed by atoms with Gasteiger partial charge in [-0.25, -0.2) is 0 Å². The molecular weight excluding hydrogens is 350 g/mol. The third-order valence-corrected chi connectivity index (χ3v) is 5.06. The van der Waals surface area contributed by atoms with Crippen LogP contribution in [0, 0.1) is 0 Å². The van der Waals surface area contributed by atoms with E-state index < -0.39 is 6.04 Å². The zero-order valence-electron chi connectivity index (χ0n) is 17.4. The first-order valence-corrected chi connectivity index (χ1v) is 10.1. The molecule has 5 nitrogen and oxygen atoms in total. The number of carbonyl (C=O) groups excluding carboxylic acids is 2. The summed E-state index contributed by atoms with van der Waals surface area (Å²) in [5.41, 5.74) is 2.88. The summed E-state index contributed by atoms with van der Waals surface area (Å²) in [4.78, 5) is 28.5. The van der Waals surface area contributed by atoms with Crippen LogP contribution in [0.4, 0.5) is 5.69 Å². The van der Waals surface area contributed by atoms with E-state index in [0.29, 0.717) is 13.1 Å². The monoisotopic (exact) mass is 382 g/mol. The molecule has 0 fully saturated rings. The Morgan fingerprint density at radius 1 is 0.964 bits per heavy atom. The third kappa shape index (κ3) is 5.42. The number of nitrogens with one attached hydrogen (secondary N) is 2. The summed E-state index contributed by atoms with van der Waals surface area (Å²) in [5, 5.41) is 3.01. The predicted molar refractivity (Wildman–Crippen MR) is 113 cm³/mol. The molecule has 2 amide bonds. The number of quaternary nitrogens is 1. The van der Waals surface area contributed by atoms with Crippen LogP contribution in [-0.2, 0) is 16.0 Å². The number of benzene rings is 2. The van der Waals surface area contributed by atoms with E-state index in [1.807, 2.05) is 80.4 Å². The maximum Gasteiger partial charge on any atom is 0.285 e. The van der Waals surface area contributed by atoms with Crippen molar-refractivity contribution in [2.24, 2.45) is 0 Å². The van der Waals surface area contributed by atoms with Crippen molar-refractivity contribution in [3.8, 4) is 0 Å². The second-order valence-electron chi connectivity index (χ2n) is 6.94. The number of hydrogen-bond donors (Lipinski definition) is 2. The van der Waals surface area contributed by atoms with Crippen molar-refractivity contribution in [2.75, 3.05) is 32.0 Å². The molecule has 2 rings (SSSR count). The lowest BCUT2D eigenvalue weighted by Crippen LogP contribution is -3.11. The van der Waals surface area contributed by atoms with Crippen molar-refractivity contribution in [1.82, 2.24) is 4.90 Å². The minimum atomic E-state index is -0.409. The molecule has 5 heteroatoms. The van der Waals surface area contributed by atoms with Crippen LogP contribution in [-0.4, -0.2) is 43.4 Å². The van der Waals surface area contributed by atoms with Crippen LogP contribution < -0.4 is 10.2 Å². The van der Waals surface area contributed by atoms with E-state index >= 15 is 0 Å². The number of anilines is 1. The molecule has 2 aromatic rings. The van der Waals surface area contributed by atoms with Crippen LogP contribution in [0.15, 0.2) is 54.6 Å². The molecule has 2 atom stereocenters. The molecule has 2 aromatic carbocycles. The molecule has 0 saturated heterocycles. The number of aryl methyl sites for hydroxylation is 1. The Kier molecular flexibility index (Phi) is 8.20. The molecule has 0 bridgehead atoms. The highest BCUT2D eigenvalue weighted by Crippen LogP contribution is 2.15. The highest BCUT2D eigenvalue weighted by atomic mass is 16.2.